The topological polar surface area (TPSA) is 53.1 Å². The Morgan fingerprint density at radius 2 is 2.00 bits per heavy atom. The number of rotatable bonds is 5. The minimum absolute atomic E-state index is 0.00506. The molecule has 1 aromatic carbocycles. The number of para-hydroxylation sites is 1. The molecule has 130 valence electrons. The maximum absolute atomic E-state index is 12.4. The van der Waals surface area contributed by atoms with E-state index in [-0.39, 0.29) is 17.7 Å². The monoisotopic (exact) mass is 349 g/mol. The molecule has 6 nitrogen and oxygen atoms in total. The maximum Gasteiger partial charge on any atom is 0.282 e. The van der Waals surface area contributed by atoms with Gasteiger partial charge >= 0.3 is 0 Å². The minimum Gasteiger partial charge on any atom is -0.378 e. The van der Waals surface area contributed by atoms with Crippen LogP contribution in [-0.4, -0.2) is 73.1 Å². The predicted molar refractivity (Wildman–Crippen MR) is 95.4 cm³/mol. The van der Waals surface area contributed by atoms with E-state index in [1.54, 1.807) is 16.8 Å². The number of nitrogens with zero attached hydrogens (tertiary/aromatic N) is 3. The van der Waals surface area contributed by atoms with Crippen LogP contribution in [0.3, 0.4) is 0 Å². The summed E-state index contributed by atoms with van der Waals surface area (Å²) < 4.78 is 5.42. The van der Waals surface area contributed by atoms with E-state index in [0.717, 1.165) is 43.3 Å². The van der Waals surface area contributed by atoms with E-state index >= 15 is 0 Å². The summed E-state index contributed by atoms with van der Waals surface area (Å²) >= 11 is 1.28. The minimum atomic E-state index is -0.0253. The molecule has 0 saturated carbocycles. The van der Waals surface area contributed by atoms with Crippen LogP contribution in [0, 0.1) is 0 Å². The SMILES string of the molecule is CN(Cc1ccccc1N1CCOCC1)C(=O)CN1CCSC1=O. The second-order valence-electron chi connectivity index (χ2n) is 6.01. The van der Waals surface area contributed by atoms with Crippen LogP contribution in [0.15, 0.2) is 24.3 Å². The number of ether oxygens (including phenoxy) is 1. The number of hydrogen-bond donors (Lipinski definition) is 0. The number of likely N-dealkylation sites (N-methyl/N-ethyl adjacent to an activating group) is 1. The molecule has 0 aromatic heterocycles. The van der Waals surface area contributed by atoms with Gasteiger partial charge in [0, 0.05) is 44.7 Å². The zero-order valence-electron chi connectivity index (χ0n) is 13.9. The largest absolute Gasteiger partial charge is 0.378 e. The van der Waals surface area contributed by atoms with Crippen molar-refractivity contribution in [2.24, 2.45) is 0 Å². The molecule has 24 heavy (non-hydrogen) atoms. The van der Waals surface area contributed by atoms with Gasteiger partial charge in [-0.3, -0.25) is 9.59 Å². The highest BCUT2D eigenvalue weighted by Crippen LogP contribution is 2.23. The van der Waals surface area contributed by atoms with Crippen molar-refractivity contribution < 1.29 is 14.3 Å². The first-order valence-corrected chi connectivity index (χ1v) is 9.20. The molecule has 2 amide bonds. The second kappa shape index (κ2) is 7.90. The number of carbonyl (C=O) groups excluding carboxylic acids is 2. The molecule has 2 aliphatic rings. The van der Waals surface area contributed by atoms with E-state index in [2.05, 4.69) is 17.0 Å². The van der Waals surface area contributed by atoms with Gasteiger partial charge in [0.2, 0.25) is 5.91 Å². The standard InChI is InChI=1S/C17H23N3O3S/c1-18(16(21)13-20-8-11-24-17(20)22)12-14-4-2-3-5-15(14)19-6-9-23-10-7-19/h2-5H,6-13H2,1H3. The lowest BCUT2D eigenvalue weighted by Gasteiger charge is -2.31. The van der Waals surface area contributed by atoms with Crippen LogP contribution in [0.25, 0.3) is 0 Å². The molecule has 2 fully saturated rings. The lowest BCUT2D eigenvalue weighted by atomic mass is 10.1. The van der Waals surface area contributed by atoms with Crippen molar-refractivity contribution in [3.05, 3.63) is 29.8 Å². The van der Waals surface area contributed by atoms with E-state index in [4.69, 9.17) is 4.74 Å². The molecular weight excluding hydrogens is 326 g/mol. The molecular formula is C17H23N3O3S. The van der Waals surface area contributed by atoms with Gasteiger partial charge in [-0.15, -0.1) is 0 Å². The van der Waals surface area contributed by atoms with E-state index in [9.17, 15) is 9.59 Å². The zero-order chi connectivity index (χ0) is 16.9. The third kappa shape index (κ3) is 4.02. The number of thioether (sulfide) groups is 1. The third-order valence-corrected chi connectivity index (χ3v) is 5.24. The highest BCUT2D eigenvalue weighted by Gasteiger charge is 2.25. The lowest BCUT2D eigenvalue weighted by molar-refractivity contribution is -0.130. The fourth-order valence-corrected chi connectivity index (χ4v) is 3.78. The Hall–Kier alpha value is -1.73. The van der Waals surface area contributed by atoms with Gasteiger partial charge in [0.15, 0.2) is 0 Å². The second-order valence-corrected chi connectivity index (χ2v) is 7.06. The van der Waals surface area contributed by atoms with Crippen LogP contribution in [0.2, 0.25) is 0 Å². The number of benzene rings is 1. The molecule has 0 aliphatic carbocycles. The molecule has 0 unspecified atom stereocenters. The Labute approximate surface area is 146 Å². The lowest BCUT2D eigenvalue weighted by Crippen LogP contribution is -2.39. The van der Waals surface area contributed by atoms with Gasteiger partial charge in [0.1, 0.15) is 6.54 Å². The van der Waals surface area contributed by atoms with Crippen LogP contribution in [0.1, 0.15) is 5.56 Å². The highest BCUT2D eigenvalue weighted by atomic mass is 32.2. The van der Waals surface area contributed by atoms with Gasteiger partial charge in [-0.2, -0.15) is 0 Å². The fraction of sp³-hybridized carbons (Fsp3) is 0.529. The summed E-state index contributed by atoms with van der Waals surface area (Å²) in [6, 6.07) is 8.18. The number of anilines is 1. The Balaban J connectivity index is 1.64. The maximum atomic E-state index is 12.4. The van der Waals surface area contributed by atoms with E-state index in [1.165, 1.54) is 11.8 Å². The molecule has 1 aromatic rings. The van der Waals surface area contributed by atoms with Gasteiger partial charge < -0.3 is 19.4 Å². The van der Waals surface area contributed by atoms with Crippen LogP contribution in [0.4, 0.5) is 10.5 Å². The summed E-state index contributed by atoms with van der Waals surface area (Å²) in [4.78, 5) is 29.7. The van der Waals surface area contributed by atoms with Gasteiger partial charge in [-0.1, -0.05) is 30.0 Å². The molecule has 0 N–H and O–H groups in total. The predicted octanol–water partition coefficient (Wildman–Crippen LogP) is 1.65. The average Bonchev–Trinajstić information content (AvgIpc) is 3.01. The van der Waals surface area contributed by atoms with Crippen LogP contribution in [-0.2, 0) is 16.1 Å². The molecule has 3 rings (SSSR count). The van der Waals surface area contributed by atoms with Crippen molar-refractivity contribution in [1.29, 1.82) is 0 Å². The first-order valence-electron chi connectivity index (χ1n) is 8.21. The molecule has 7 heteroatoms. The van der Waals surface area contributed by atoms with Crippen molar-refractivity contribution in [2.45, 2.75) is 6.54 Å². The Morgan fingerprint density at radius 3 is 2.71 bits per heavy atom. The van der Waals surface area contributed by atoms with Crippen LogP contribution >= 0.6 is 11.8 Å². The quantitative estimate of drug-likeness (QED) is 0.809. The van der Waals surface area contributed by atoms with Gasteiger partial charge in [0.05, 0.1) is 13.2 Å². The fourth-order valence-electron chi connectivity index (χ4n) is 2.95. The normalized spacial score (nSPS) is 18.1. The zero-order valence-corrected chi connectivity index (χ0v) is 14.8. The van der Waals surface area contributed by atoms with E-state index in [1.807, 2.05) is 12.1 Å². The summed E-state index contributed by atoms with van der Waals surface area (Å²) in [5, 5.41) is 0.00506. The molecule has 2 aliphatic heterocycles. The molecule has 0 bridgehead atoms. The van der Waals surface area contributed by atoms with Gasteiger partial charge in [0.25, 0.3) is 5.24 Å². The average molecular weight is 349 g/mol. The highest BCUT2D eigenvalue weighted by molar-refractivity contribution is 8.13. The van der Waals surface area contributed by atoms with Gasteiger partial charge in [-0.05, 0) is 11.6 Å². The third-order valence-electron chi connectivity index (χ3n) is 4.35. The van der Waals surface area contributed by atoms with Crippen LogP contribution in [0.5, 0.6) is 0 Å². The van der Waals surface area contributed by atoms with Crippen LogP contribution < -0.4 is 4.90 Å². The number of amides is 2. The number of carbonyl (C=O) groups is 2. The van der Waals surface area contributed by atoms with Crippen molar-refractivity contribution in [3.8, 4) is 0 Å². The summed E-state index contributed by atoms with van der Waals surface area (Å²) in [7, 11) is 1.80. The van der Waals surface area contributed by atoms with Gasteiger partial charge in [-0.25, -0.2) is 0 Å². The first-order chi connectivity index (χ1) is 11.6. The Kier molecular flexibility index (Phi) is 5.63. The van der Waals surface area contributed by atoms with E-state index < -0.39 is 0 Å². The Morgan fingerprint density at radius 1 is 1.25 bits per heavy atom. The number of hydrogen-bond acceptors (Lipinski definition) is 5. The summed E-state index contributed by atoms with van der Waals surface area (Å²) in [6.07, 6.45) is 0. The Bertz CT molecular complexity index is 604. The van der Waals surface area contributed by atoms with Crippen molar-refractivity contribution >= 4 is 28.6 Å². The van der Waals surface area contributed by atoms with E-state index in [0.29, 0.717) is 13.1 Å². The molecule has 0 spiro atoms. The first kappa shape index (κ1) is 17.1. The van der Waals surface area contributed by atoms with Crippen molar-refractivity contribution in [2.75, 3.05) is 57.1 Å². The molecule has 0 atom stereocenters. The summed E-state index contributed by atoms with van der Waals surface area (Å²) in [5.74, 6) is 0.748. The van der Waals surface area contributed by atoms with Crippen molar-refractivity contribution in [1.82, 2.24) is 9.80 Å². The van der Waals surface area contributed by atoms with Crippen molar-refractivity contribution in [3.63, 3.8) is 0 Å². The molecule has 2 heterocycles. The summed E-state index contributed by atoms with van der Waals surface area (Å²) in [6.45, 7) is 4.58. The molecule has 0 radical (unpaired) electrons. The summed E-state index contributed by atoms with van der Waals surface area (Å²) in [5.41, 5.74) is 2.28. The molecule has 2 saturated heterocycles. The smallest absolute Gasteiger partial charge is 0.282 e. The number of morpholine rings is 1.